The molecule has 210 valence electrons. The second-order valence-corrected chi connectivity index (χ2v) is 10.5. The van der Waals surface area contributed by atoms with Crippen LogP contribution in [-0.4, -0.2) is 70.6 Å². The highest BCUT2D eigenvalue weighted by atomic mass is 32.1. The van der Waals surface area contributed by atoms with Gasteiger partial charge in [0, 0.05) is 56.4 Å². The molecule has 0 spiro atoms. The number of aromatic nitrogens is 4. The summed E-state index contributed by atoms with van der Waals surface area (Å²) in [5.41, 5.74) is 2.10. The average Bonchev–Trinajstić information content (AvgIpc) is 3.63. The smallest absolute Gasteiger partial charge is 0.369 e. The Hall–Kier alpha value is -3.97. The molecule has 2 aromatic carbocycles. The number of piperazine rings is 1. The average molecular weight is 571 g/mol. The van der Waals surface area contributed by atoms with Gasteiger partial charge in [-0.3, -0.25) is 4.79 Å². The molecule has 1 aliphatic heterocycles. The van der Waals surface area contributed by atoms with E-state index < -0.39 is 17.6 Å². The van der Waals surface area contributed by atoms with Gasteiger partial charge in [-0.05, 0) is 49.4 Å². The lowest BCUT2D eigenvalue weighted by molar-refractivity contribution is -0.137. The van der Waals surface area contributed by atoms with Crippen LogP contribution in [0, 0.1) is 6.92 Å². The van der Waals surface area contributed by atoms with Crippen LogP contribution in [-0.2, 0) is 6.18 Å². The fraction of sp³-hybridized carbons (Fsp3) is 0.333. The Kier molecular flexibility index (Phi) is 7.76. The number of hydrogen-bond donors (Lipinski definition) is 2. The molecule has 2 aromatic heterocycles. The van der Waals surface area contributed by atoms with E-state index in [1.165, 1.54) is 11.3 Å². The highest BCUT2D eigenvalue weighted by Gasteiger charge is 2.32. The molecule has 13 heteroatoms. The number of hydrogen-bond acceptors (Lipinski definition) is 8. The molecule has 0 atom stereocenters. The van der Waals surface area contributed by atoms with Gasteiger partial charge in [0.25, 0.3) is 5.91 Å². The summed E-state index contributed by atoms with van der Waals surface area (Å²) in [6.07, 6.45) is -1.10. The number of carbonyl (C=O) groups excluding carboxylic acids is 1. The summed E-state index contributed by atoms with van der Waals surface area (Å²) in [5.74, 6) is -0.524. The van der Waals surface area contributed by atoms with Crippen molar-refractivity contribution in [3.63, 3.8) is 0 Å². The van der Waals surface area contributed by atoms with E-state index in [9.17, 15) is 18.0 Å². The minimum atomic E-state index is -4.55. The molecule has 1 amide bonds. The molecule has 5 rings (SSSR count). The van der Waals surface area contributed by atoms with E-state index in [0.717, 1.165) is 47.3 Å². The van der Waals surface area contributed by atoms with Crippen LogP contribution in [0.5, 0.6) is 0 Å². The Morgan fingerprint density at radius 1 is 1.10 bits per heavy atom. The number of likely N-dealkylation sites (N-methyl/N-ethyl adjacent to an activating group) is 1. The first kappa shape index (κ1) is 27.6. The van der Waals surface area contributed by atoms with Crippen LogP contribution in [0.4, 0.5) is 29.7 Å². The zero-order valence-electron chi connectivity index (χ0n) is 22.3. The number of halogens is 3. The molecule has 1 fully saturated rings. The molecule has 9 nitrogen and oxygen atoms in total. The number of rotatable bonds is 7. The summed E-state index contributed by atoms with van der Waals surface area (Å²) in [5, 5.41) is 14.9. The number of anilines is 3. The molecule has 0 unspecified atom stereocenters. The van der Waals surface area contributed by atoms with Gasteiger partial charge in [0.2, 0.25) is 0 Å². The van der Waals surface area contributed by atoms with Gasteiger partial charge in [-0.2, -0.15) is 13.2 Å². The first-order chi connectivity index (χ1) is 19.1. The van der Waals surface area contributed by atoms with Crippen LogP contribution in [0.3, 0.4) is 0 Å². The summed E-state index contributed by atoms with van der Waals surface area (Å²) in [7, 11) is 1.78. The lowest BCUT2D eigenvalue weighted by Gasteiger charge is -2.36. The second-order valence-electron chi connectivity index (χ2n) is 9.47. The molecule has 1 saturated heterocycles. The number of amides is 1. The van der Waals surface area contributed by atoms with Gasteiger partial charge in [0.1, 0.15) is 5.69 Å². The number of nitrogens with zero attached hydrogens (tertiary/aromatic N) is 6. The lowest BCUT2D eigenvalue weighted by Crippen LogP contribution is -2.46. The van der Waals surface area contributed by atoms with Crippen LogP contribution in [0.1, 0.15) is 28.4 Å². The zero-order chi connectivity index (χ0) is 28.4. The SMILES string of the molecule is CCN1CCN(c2cc(NC(=O)c3ccc(C)c(-n4cc(-c5cnc(NC)s5)nn4)c3)cc(C(F)(F)F)c2)CC1. The highest BCUT2D eigenvalue weighted by molar-refractivity contribution is 7.18. The van der Waals surface area contributed by atoms with E-state index in [2.05, 4.69) is 37.8 Å². The van der Waals surface area contributed by atoms with Crippen molar-refractivity contribution >= 4 is 33.8 Å². The Labute approximate surface area is 233 Å². The van der Waals surface area contributed by atoms with Gasteiger partial charge in [0.15, 0.2) is 5.13 Å². The van der Waals surface area contributed by atoms with Crippen LogP contribution < -0.4 is 15.5 Å². The number of carbonyl (C=O) groups is 1. The quantitative estimate of drug-likeness (QED) is 0.318. The molecule has 0 radical (unpaired) electrons. The summed E-state index contributed by atoms with van der Waals surface area (Å²) in [4.78, 5) is 22.5. The summed E-state index contributed by atoms with van der Waals surface area (Å²) in [6, 6.07) is 8.76. The topological polar surface area (TPSA) is 91.2 Å². The van der Waals surface area contributed by atoms with Crippen molar-refractivity contribution in [3.05, 3.63) is 65.5 Å². The van der Waals surface area contributed by atoms with Crippen molar-refractivity contribution in [3.8, 4) is 16.3 Å². The number of aryl methyl sites for hydroxylation is 1. The molecule has 4 aromatic rings. The van der Waals surface area contributed by atoms with Gasteiger partial charge in [-0.1, -0.05) is 29.5 Å². The van der Waals surface area contributed by atoms with E-state index >= 15 is 0 Å². The minimum Gasteiger partial charge on any atom is -0.369 e. The fourth-order valence-electron chi connectivity index (χ4n) is 4.56. The normalized spacial score (nSPS) is 14.4. The second kappa shape index (κ2) is 11.3. The lowest BCUT2D eigenvalue weighted by atomic mass is 10.1. The van der Waals surface area contributed by atoms with Crippen molar-refractivity contribution in [2.75, 3.05) is 55.3 Å². The Bertz CT molecular complexity index is 1510. The zero-order valence-corrected chi connectivity index (χ0v) is 23.1. The maximum atomic E-state index is 13.8. The van der Waals surface area contributed by atoms with E-state index in [1.54, 1.807) is 48.4 Å². The van der Waals surface area contributed by atoms with Crippen LogP contribution in [0.15, 0.2) is 48.8 Å². The van der Waals surface area contributed by atoms with Crippen LogP contribution >= 0.6 is 11.3 Å². The minimum absolute atomic E-state index is 0.0865. The Morgan fingerprint density at radius 3 is 2.55 bits per heavy atom. The van der Waals surface area contributed by atoms with Gasteiger partial charge in [-0.15, -0.1) is 5.10 Å². The van der Waals surface area contributed by atoms with Gasteiger partial charge in [0.05, 0.1) is 22.3 Å². The van der Waals surface area contributed by atoms with E-state index in [4.69, 9.17) is 0 Å². The summed E-state index contributed by atoms with van der Waals surface area (Å²) < 4.78 is 42.9. The molecular formula is C27H29F3N8OS. The van der Waals surface area contributed by atoms with Crippen molar-refractivity contribution in [2.24, 2.45) is 0 Å². The number of benzene rings is 2. The summed E-state index contributed by atoms with van der Waals surface area (Å²) >= 11 is 1.44. The van der Waals surface area contributed by atoms with Crippen molar-refractivity contribution in [2.45, 2.75) is 20.0 Å². The standard InChI is InChI=1S/C27H29F3N8OS/c1-4-36-7-9-37(10-8-36)21-13-19(27(28,29)30)12-20(14-21)33-25(39)18-6-5-17(2)23(11-18)38-16-22(34-35-38)24-15-32-26(31-3)40-24/h5-6,11-16H,4,7-10H2,1-3H3,(H,31,32)(H,33,39). The van der Waals surface area contributed by atoms with Crippen molar-refractivity contribution in [1.82, 2.24) is 24.9 Å². The fourth-order valence-corrected chi connectivity index (χ4v) is 5.27. The molecule has 40 heavy (non-hydrogen) atoms. The Balaban J connectivity index is 1.39. The van der Waals surface area contributed by atoms with E-state index in [-0.39, 0.29) is 11.3 Å². The first-order valence-corrected chi connectivity index (χ1v) is 13.6. The highest BCUT2D eigenvalue weighted by Crippen LogP contribution is 2.35. The monoisotopic (exact) mass is 570 g/mol. The molecule has 1 aliphatic rings. The van der Waals surface area contributed by atoms with Crippen LogP contribution in [0.2, 0.25) is 0 Å². The maximum absolute atomic E-state index is 13.8. The predicted octanol–water partition coefficient (Wildman–Crippen LogP) is 5.15. The first-order valence-electron chi connectivity index (χ1n) is 12.8. The number of nitrogens with one attached hydrogen (secondary N) is 2. The third-order valence-corrected chi connectivity index (χ3v) is 7.91. The van der Waals surface area contributed by atoms with E-state index in [1.807, 2.05) is 11.8 Å². The largest absolute Gasteiger partial charge is 0.416 e. The predicted molar refractivity (Wildman–Crippen MR) is 150 cm³/mol. The molecular weight excluding hydrogens is 541 g/mol. The number of alkyl halides is 3. The number of thiazole rings is 1. The molecule has 2 N–H and O–H groups in total. The summed E-state index contributed by atoms with van der Waals surface area (Å²) in [6.45, 7) is 7.60. The maximum Gasteiger partial charge on any atom is 0.416 e. The van der Waals surface area contributed by atoms with Gasteiger partial charge in [-0.25, -0.2) is 9.67 Å². The van der Waals surface area contributed by atoms with Crippen molar-refractivity contribution in [1.29, 1.82) is 0 Å². The van der Waals surface area contributed by atoms with Gasteiger partial charge >= 0.3 is 6.18 Å². The van der Waals surface area contributed by atoms with Gasteiger partial charge < -0.3 is 20.4 Å². The third kappa shape index (κ3) is 5.94. The van der Waals surface area contributed by atoms with E-state index in [0.29, 0.717) is 30.2 Å². The molecule has 0 aliphatic carbocycles. The third-order valence-electron chi connectivity index (χ3n) is 6.87. The van der Waals surface area contributed by atoms with Crippen molar-refractivity contribution < 1.29 is 18.0 Å². The Morgan fingerprint density at radius 2 is 1.88 bits per heavy atom. The van der Waals surface area contributed by atoms with Crippen LogP contribution in [0.25, 0.3) is 16.3 Å². The molecule has 0 bridgehead atoms. The molecule has 3 heterocycles. The molecule has 0 saturated carbocycles.